The van der Waals surface area contributed by atoms with Gasteiger partial charge in [0.2, 0.25) is 0 Å². The van der Waals surface area contributed by atoms with Crippen molar-refractivity contribution in [3.8, 4) is 0 Å². The SMILES string of the molecule is CC(C)CCCC(C)C1CCC2C3CC=C4CC(OCCCCCCOCC(C)(N)CO)CCC4(C)C3CCC12C. The third-order valence-electron chi connectivity index (χ3n) is 12.6. The predicted octanol–water partition coefficient (Wildman–Crippen LogP) is 8.70. The van der Waals surface area contributed by atoms with Gasteiger partial charge in [-0.15, -0.1) is 0 Å². The molecule has 3 N–H and O–H groups in total. The summed E-state index contributed by atoms with van der Waals surface area (Å²) in [5, 5.41) is 9.21. The highest BCUT2D eigenvalue weighted by molar-refractivity contribution is 5.25. The molecule has 0 aromatic carbocycles. The Balaban J connectivity index is 1.20. The van der Waals surface area contributed by atoms with Crippen LogP contribution in [0.1, 0.15) is 138 Å². The number of hydrogen-bond acceptors (Lipinski definition) is 4. The normalized spacial score (nSPS) is 37.2. The maximum absolute atomic E-state index is 9.21. The number of aliphatic hydroxyl groups excluding tert-OH is 1. The van der Waals surface area contributed by atoms with E-state index in [0.717, 1.165) is 61.6 Å². The molecule has 3 saturated carbocycles. The zero-order valence-electron chi connectivity index (χ0n) is 27.9. The summed E-state index contributed by atoms with van der Waals surface area (Å²) in [6.07, 6.45) is 22.9. The van der Waals surface area contributed by atoms with Crippen molar-refractivity contribution in [3.05, 3.63) is 11.6 Å². The van der Waals surface area contributed by atoms with Gasteiger partial charge in [-0.25, -0.2) is 0 Å². The number of allylic oxidation sites excluding steroid dienone is 1. The van der Waals surface area contributed by atoms with Crippen LogP contribution in [0, 0.1) is 46.3 Å². The summed E-state index contributed by atoms with van der Waals surface area (Å²) in [5.74, 6) is 5.45. The molecule has 0 aromatic rings. The Kier molecular flexibility index (Phi) is 11.9. The van der Waals surface area contributed by atoms with Crippen molar-refractivity contribution in [2.24, 2.45) is 52.1 Å². The Bertz CT molecular complexity index is 838. The highest BCUT2D eigenvalue weighted by atomic mass is 16.5. The van der Waals surface area contributed by atoms with Crippen molar-refractivity contribution < 1.29 is 14.6 Å². The molecule has 41 heavy (non-hydrogen) atoms. The molecule has 0 aromatic heterocycles. The Morgan fingerprint density at radius 3 is 2.44 bits per heavy atom. The molecule has 4 nitrogen and oxygen atoms in total. The van der Waals surface area contributed by atoms with Gasteiger partial charge in [-0.2, -0.15) is 0 Å². The Labute approximate surface area is 254 Å². The summed E-state index contributed by atoms with van der Waals surface area (Å²) >= 11 is 0. The minimum Gasteiger partial charge on any atom is -0.394 e. The van der Waals surface area contributed by atoms with Crippen LogP contribution in [0.15, 0.2) is 11.6 Å². The van der Waals surface area contributed by atoms with Gasteiger partial charge in [-0.1, -0.05) is 78.4 Å². The van der Waals surface area contributed by atoms with Gasteiger partial charge in [0.25, 0.3) is 0 Å². The van der Waals surface area contributed by atoms with Crippen LogP contribution < -0.4 is 5.73 Å². The van der Waals surface area contributed by atoms with E-state index in [4.69, 9.17) is 15.2 Å². The predicted molar refractivity (Wildman–Crippen MR) is 172 cm³/mol. The molecule has 4 rings (SSSR count). The number of nitrogens with two attached hydrogens (primary N) is 1. The van der Waals surface area contributed by atoms with E-state index in [1.54, 1.807) is 5.57 Å². The van der Waals surface area contributed by atoms with Crippen LogP contribution in [0.25, 0.3) is 0 Å². The Morgan fingerprint density at radius 1 is 0.951 bits per heavy atom. The number of unbranched alkanes of at least 4 members (excludes halogenated alkanes) is 3. The van der Waals surface area contributed by atoms with E-state index in [-0.39, 0.29) is 6.61 Å². The molecule has 9 atom stereocenters. The second kappa shape index (κ2) is 14.6. The van der Waals surface area contributed by atoms with Crippen LogP contribution in [0.5, 0.6) is 0 Å². The third kappa shape index (κ3) is 8.00. The number of ether oxygens (including phenoxy) is 2. The highest BCUT2D eigenvalue weighted by Gasteiger charge is 2.59. The molecular formula is C37H67NO3. The van der Waals surface area contributed by atoms with E-state index in [1.807, 2.05) is 6.92 Å². The number of fused-ring (bicyclic) bond motifs is 5. The summed E-state index contributed by atoms with van der Waals surface area (Å²) in [4.78, 5) is 0. The van der Waals surface area contributed by atoms with Gasteiger partial charge in [-0.05, 0) is 117 Å². The van der Waals surface area contributed by atoms with Crippen molar-refractivity contribution >= 4 is 0 Å². The van der Waals surface area contributed by atoms with Gasteiger partial charge in [0.05, 0.1) is 24.9 Å². The lowest BCUT2D eigenvalue weighted by atomic mass is 9.47. The summed E-state index contributed by atoms with van der Waals surface area (Å²) in [6.45, 7) is 16.5. The molecule has 0 saturated heterocycles. The van der Waals surface area contributed by atoms with Gasteiger partial charge in [0, 0.05) is 13.2 Å². The van der Waals surface area contributed by atoms with Gasteiger partial charge >= 0.3 is 0 Å². The fourth-order valence-electron chi connectivity index (χ4n) is 10.1. The first kappa shape index (κ1) is 33.5. The summed E-state index contributed by atoms with van der Waals surface area (Å²) in [7, 11) is 0. The molecule has 4 heteroatoms. The number of hydrogen-bond donors (Lipinski definition) is 2. The fraction of sp³-hybridized carbons (Fsp3) is 0.946. The molecule has 0 amide bonds. The number of aliphatic hydroxyl groups is 1. The molecule has 238 valence electrons. The molecule has 0 heterocycles. The molecule has 4 aliphatic carbocycles. The third-order valence-corrected chi connectivity index (χ3v) is 12.6. The summed E-state index contributed by atoms with van der Waals surface area (Å²) < 4.78 is 12.1. The van der Waals surface area contributed by atoms with Crippen molar-refractivity contribution in [3.63, 3.8) is 0 Å². The molecule has 0 bridgehead atoms. The highest BCUT2D eigenvalue weighted by Crippen LogP contribution is 2.67. The standard InChI is InChI=1S/C37H67NO3/c1-27(2)12-11-13-28(3)32-16-17-33-31-15-14-29-24-30(18-20-36(29,5)34(31)19-21-37(32,33)6)41-23-10-8-7-9-22-40-26-35(4,38)25-39/h14,27-28,30-34,39H,7-13,15-26,38H2,1-6H3. The van der Waals surface area contributed by atoms with Crippen molar-refractivity contribution in [1.82, 2.24) is 0 Å². The topological polar surface area (TPSA) is 64.7 Å². The monoisotopic (exact) mass is 574 g/mol. The average molecular weight is 574 g/mol. The molecule has 0 radical (unpaired) electrons. The van der Waals surface area contributed by atoms with E-state index in [0.29, 0.717) is 23.5 Å². The average Bonchev–Trinajstić information content (AvgIpc) is 3.29. The van der Waals surface area contributed by atoms with E-state index < -0.39 is 5.54 Å². The molecule has 3 fully saturated rings. The molecule has 4 aliphatic rings. The molecule has 0 aliphatic heterocycles. The van der Waals surface area contributed by atoms with Crippen LogP contribution in [0.4, 0.5) is 0 Å². The lowest BCUT2D eigenvalue weighted by Crippen LogP contribution is -2.51. The maximum Gasteiger partial charge on any atom is 0.0665 e. The molecule has 9 unspecified atom stereocenters. The first-order valence-electron chi connectivity index (χ1n) is 17.8. The van der Waals surface area contributed by atoms with Crippen LogP contribution in [-0.4, -0.2) is 43.2 Å². The lowest BCUT2D eigenvalue weighted by molar-refractivity contribution is -0.0641. The van der Waals surface area contributed by atoms with Gasteiger partial charge in [0.15, 0.2) is 0 Å². The quantitative estimate of drug-likeness (QED) is 0.143. The molecular weight excluding hydrogens is 506 g/mol. The van der Waals surface area contributed by atoms with Gasteiger partial charge in [-0.3, -0.25) is 0 Å². The minimum atomic E-state index is -0.624. The zero-order chi connectivity index (χ0) is 29.7. The Morgan fingerprint density at radius 2 is 1.71 bits per heavy atom. The van der Waals surface area contributed by atoms with Gasteiger partial charge < -0.3 is 20.3 Å². The lowest BCUT2D eigenvalue weighted by Gasteiger charge is -2.58. The first-order chi connectivity index (χ1) is 19.5. The fourth-order valence-corrected chi connectivity index (χ4v) is 10.1. The molecule has 0 spiro atoms. The first-order valence-corrected chi connectivity index (χ1v) is 17.8. The van der Waals surface area contributed by atoms with Crippen molar-refractivity contribution in [1.29, 1.82) is 0 Å². The van der Waals surface area contributed by atoms with E-state index in [1.165, 1.54) is 83.5 Å². The second-order valence-electron chi connectivity index (χ2n) is 16.3. The number of rotatable bonds is 16. The van der Waals surface area contributed by atoms with Crippen molar-refractivity contribution in [2.75, 3.05) is 26.4 Å². The smallest absolute Gasteiger partial charge is 0.0665 e. The van der Waals surface area contributed by atoms with E-state index in [2.05, 4.69) is 40.7 Å². The summed E-state index contributed by atoms with van der Waals surface area (Å²) in [5.41, 5.74) is 8.04. The summed E-state index contributed by atoms with van der Waals surface area (Å²) in [6, 6.07) is 0. The largest absolute Gasteiger partial charge is 0.394 e. The van der Waals surface area contributed by atoms with Crippen LogP contribution >= 0.6 is 0 Å². The van der Waals surface area contributed by atoms with Crippen LogP contribution in [-0.2, 0) is 9.47 Å². The van der Waals surface area contributed by atoms with Crippen LogP contribution in [0.3, 0.4) is 0 Å². The van der Waals surface area contributed by atoms with E-state index in [9.17, 15) is 5.11 Å². The van der Waals surface area contributed by atoms with Gasteiger partial charge in [0.1, 0.15) is 0 Å². The second-order valence-corrected chi connectivity index (χ2v) is 16.3. The Hall–Kier alpha value is -0.420. The van der Waals surface area contributed by atoms with Crippen molar-refractivity contribution in [2.45, 2.75) is 149 Å². The van der Waals surface area contributed by atoms with Crippen LogP contribution in [0.2, 0.25) is 0 Å². The minimum absolute atomic E-state index is 0.0404. The maximum atomic E-state index is 9.21. The van der Waals surface area contributed by atoms with E-state index >= 15 is 0 Å². The zero-order valence-corrected chi connectivity index (χ0v) is 27.9.